The van der Waals surface area contributed by atoms with Crippen molar-refractivity contribution in [2.24, 2.45) is 0 Å². The number of carbonyl (C=O) groups is 2. The van der Waals surface area contributed by atoms with Crippen LogP contribution in [0.1, 0.15) is 24.2 Å². The molecule has 1 unspecified atom stereocenters. The SMILES string of the molecule is CC(=O)C(C)OC(=O)c1ccc(Br)cc1. The van der Waals surface area contributed by atoms with Crippen molar-refractivity contribution >= 4 is 27.7 Å². The van der Waals surface area contributed by atoms with Crippen LogP contribution in [0.3, 0.4) is 0 Å². The average Bonchev–Trinajstić information content (AvgIpc) is 2.18. The molecule has 0 spiro atoms. The van der Waals surface area contributed by atoms with Crippen molar-refractivity contribution in [3.05, 3.63) is 34.3 Å². The Hall–Kier alpha value is -1.16. The smallest absolute Gasteiger partial charge is 0.338 e. The minimum atomic E-state index is -0.693. The van der Waals surface area contributed by atoms with Crippen molar-refractivity contribution in [1.82, 2.24) is 0 Å². The zero-order valence-electron chi connectivity index (χ0n) is 8.49. The van der Waals surface area contributed by atoms with Crippen molar-refractivity contribution in [1.29, 1.82) is 0 Å². The number of halogens is 1. The summed E-state index contributed by atoms with van der Waals surface area (Å²) in [6.07, 6.45) is -0.693. The molecule has 4 heteroatoms. The number of esters is 1. The maximum Gasteiger partial charge on any atom is 0.338 e. The molecule has 0 N–H and O–H groups in total. The predicted octanol–water partition coefficient (Wildman–Crippen LogP) is 2.58. The maximum atomic E-state index is 11.5. The number of Topliss-reactive ketones (excluding diaryl/α,β-unsaturated/α-hetero) is 1. The largest absolute Gasteiger partial charge is 0.451 e. The molecule has 0 saturated carbocycles. The fourth-order valence-electron chi connectivity index (χ4n) is 0.898. The van der Waals surface area contributed by atoms with Gasteiger partial charge in [-0.2, -0.15) is 0 Å². The van der Waals surface area contributed by atoms with Crippen LogP contribution in [0.15, 0.2) is 28.7 Å². The van der Waals surface area contributed by atoms with Crippen LogP contribution in [0.4, 0.5) is 0 Å². The van der Waals surface area contributed by atoms with Gasteiger partial charge in [0, 0.05) is 4.47 Å². The van der Waals surface area contributed by atoms with Gasteiger partial charge in [0.15, 0.2) is 11.9 Å². The third kappa shape index (κ3) is 3.47. The molecule has 0 radical (unpaired) electrons. The Kier molecular flexibility index (Phi) is 4.03. The van der Waals surface area contributed by atoms with Crippen LogP contribution in [-0.4, -0.2) is 17.9 Å². The molecule has 3 nitrogen and oxygen atoms in total. The van der Waals surface area contributed by atoms with Gasteiger partial charge in [-0.15, -0.1) is 0 Å². The van der Waals surface area contributed by atoms with Gasteiger partial charge in [0.2, 0.25) is 0 Å². The summed E-state index contributed by atoms with van der Waals surface area (Å²) < 4.78 is 5.82. The van der Waals surface area contributed by atoms with Gasteiger partial charge in [0.05, 0.1) is 5.56 Å². The zero-order valence-corrected chi connectivity index (χ0v) is 10.1. The lowest BCUT2D eigenvalue weighted by Crippen LogP contribution is -2.21. The molecule has 0 bridgehead atoms. The second-order valence-corrected chi connectivity index (χ2v) is 4.08. The van der Waals surface area contributed by atoms with Gasteiger partial charge < -0.3 is 4.74 Å². The first kappa shape index (κ1) is 11.9. The molecule has 0 fully saturated rings. The van der Waals surface area contributed by atoms with Crippen LogP contribution in [0, 0.1) is 0 Å². The van der Waals surface area contributed by atoms with E-state index in [0.29, 0.717) is 5.56 Å². The lowest BCUT2D eigenvalue weighted by molar-refractivity contribution is -0.124. The minimum absolute atomic E-state index is 0.166. The van der Waals surface area contributed by atoms with Crippen molar-refractivity contribution < 1.29 is 14.3 Å². The number of hydrogen-bond donors (Lipinski definition) is 0. The highest BCUT2D eigenvalue weighted by Gasteiger charge is 2.14. The van der Waals surface area contributed by atoms with E-state index in [1.54, 1.807) is 31.2 Å². The van der Waals surface area contributed by atoms with E-state index in [1.807, 2.05) is 0 Å². The van der Waals surface area contributed by atoms with E-state index in [0.717, 1.165) is 4.47 Å². The molecule has 1 aromatic carbocycles. The van der Waals surface area contributed by atoms with Gasteiger partial charge in [-0.3, -0.25) is 4.79 Å². The first-order valence-corrected chi connectivity index (χ1v) is 5.27. The fourth-order valence-corrected chi connectivity index (χ4v) is 1.16. The van der Waals surface area contributed by atoms with E-state index in [9.17, 15) is 9.59 Å². The molecule has 0 heterocycles. The first-order valence-electron chi connectivity index (χ1n) is 4.47. The number of ether oxygens (including phenoxy) is 1. The lowest BCUT2D eigenvalue weighted by atomic mass is 10.2. The Morgan fingerprint density at radius 3 is 2.27 bits per heavy atom. The van der Waals surface area contributed by atoms with Crippen molar-refractivity contribution in [3.8, 4) is 0 Å². The zero-order chi connectivity index (χ0) is 11.4. The highest BCUT2D eigenvalue weighted by Crippen LogP contribution is 2.12. The Labute approximate surface area is 96.6 Å². The van der Waals surface area contributed by atoms with Crippen molar-refractivity contribution in [2.45, 2.75) is 20.0 Å². The van der Waals surface area contributed by atoms with E-state index in [2.05, 4.69) is 15.9 Å². The summed E-state index contributed by atoms with van der Waals surface area (Å²) in [5.74, 6) is -0.648. The molecular weight excluding hydrogens is 260 g/mol. The Morgan fingerprint density at radius 2 is 1.80 bits per heavy atom. The van der Waals surface area contributed by atoms with Gasteiger partial charge in [0.1, 0.15) is 0 Å². The van der Waals surface area contributed by atoms with Crippen LogP contribution in [0.2, 0.25) is 0 Å². The maximum absolute atomic E-state index is 11.5. The molecule has 80 valence electrons. The first-order chi connectivity index (χ1) is 7.00. The number of rotatable bonds is 3. The topological polar surface area (TPSA) is 43.4 Å². The summed E-state index contributed by atoms with van der Waals surface area (Å²) in [6, 6.07) is 6.77. The van der Waals surface area contributed by atoms with Crippen LogP contribution < -0.4 is 0 Å². The van der Waals surface area contributed by atoms with E-state index < -0.39 is 12.1 Å². The number of ketones is 1. The highest BCUT2D eigenvalue weighted by molar-refractivity contribution is 9.10. The Morgan fingerprint density at radius 1 is 1.27 bits per heavy atom. The number of benzene rings is 1. The van der Waals surface area contributed by atoms with E-state index in [1.165, 1.54) is 6.92 Å². The van der Waals surface area contributed by atoms with E-state index in [4.69, 9.17) is 4.74 Å². The van der Waals surface area contributed by atoms with Gasteiger partial charge in [0.25, 0.3) is 0 Å². The van der Waals surface area contributed by atoms with Gasteiger partial charge in [-0.05, 0) is 38.1 Å². The molecule has 0 aliphatic heterocycles. The Balaban J connectivity index is 2.69. The highest BCUT2D eigenvalue weighted by atomic mass is 79.9. The second kappa shape index (κ2) is 5.07. The summed E-state index contributed by atoms with van der Waals surface area (Å²) in [7, 11) is 0. The van der Waals surface area contributed by atoms with Gasteiger partial charge in [-0.1, -0.05) is 15.9 Å². The van der Waals surface area contributed by atoms with Gasteiger partial charge >= 0.3 is 5.97 Å². The Bertz CT molecular complexity index is 370. The third-order valence-corrected chi connectivity index (χ3v) is 2.46. The molecule has 1 atom stereocenters. The van der Waals surface area contributed by atoms with Crippen molar-refractivity contribution in [2.75, 3.05) is 0 Å². The predicted molar refractivity (Wildman–Crippen MR) is 59.7 cm³/mol. The standard InChI is InChI=1S/C11H11BrO3/c1-7(13)8(2)15-11(14)9-3-5-10(12)6-4-9/h3-6,8H,1-2H3. The van der Waals surface area contributed by atoms with Gasteiger partial charge in [-0.25, -0.2) is 4.79 Å². The number of hydrogen-bond acceptors (Lipinski definition) is 3. The molecule has 0 amide bonds. The molecule has 0 aliphatic rings. The average molecular weight is 271 g/mol. The van der Waals surface area contributed by atoms with E-state index in [-0.39, 0.29) is 5.78 Å². The van der Waals surface area contributed by atoms with Crippen molar-refractivity contribution in [3.63, 3.8) is 0 Å². The molecular formula is C11H11BrO3. The molecule has 1 aromatic rings. The normalized spacial score (nSPS) is 11.9. The minimum Gasteiger partial charge on any atom is -0.451 e. The third-order valence-electron chi connectivity index (χ3n) is 1.94. The lowest BCUT2D eigenvalue weighted by Gasteiger charge is -2.09. The molecule has 0 aromatic heterocycles. The summed E-state index contributed by atoms with van der Waals surface area (Å²) in [4.78, 5) is 22.4. The van der Waals surface area contributed by atoms with Crippen LogP contribution >= 0.6 is 15.9 Å². The molecule has 0 aliphatic carbocycles. The quantitative estimate of drug-likeness (QED) is 0.793. The van der Waals surface area contributed by atoms with E-state index >= 15 is 0 Å². The number of carbonyl (C=O) groups excluding carboxylic acids is 2. The summed E-state index contributed by atoms with van der Waals surface area (Å²) in [6.45, 7) is 2.94. The second-order valence-electron chi connectivity index (χ2n) is 3.17. The van der Waals surface area contributed by atoms with Crippen LogP contribution in [0.5, 0.6) is 0 Å². The van der Waals surface area contributed by atoms with Crippen LogP contribution in [0.25, 0.3) is 0 Å². The summed E-state index contributed by atoms with van der Waals surface area (Å²) in [5, 5.41) is 0. The summed E-state index contributed by atoms with van der Waals surface area (Å²) >= 11 is 3.26. The van der Waals surface area contributed by atoms with Crippen LogP contribution in [-0.2, 0) is 9.53 Å². The molecule has 1 rings (SSSR count). The molecule has 15 heavy (non-hydrogen) atoms. The monoisotopic (exact) mass is 270 g/mol. The molecule has 0 saturated heterocycles. The summed E-state index contributed by atoms with van der Waals surface area (Å²) in [5.41, 5.74) is 0.436. The fraction of sp³-hybridized carbons (Fsp3) is 0.273.